The lowest BCUT2D eigenvalue weighted by Gasteiger charge is -2.20. The van der Waals surface area contributed by atoms with E-state index in [1.54, 1.807) is 19.2 Å². The van der Waals surface area contributed by atoms with E-state index in [0.717, 1.165) is 35.3 Å². The number of allylic oxidation sites excluding steroid dienone is 1. The van der Waals surface area contributed by atoms with E-state index >= 15 is 0 Å². The summed E-state index contributed by atoms with van der Waals surface area (Å²) in [5, 5.41) is 4.17. The summed E-state index contributed by atoms with van der Waals surface area (Å²) < 4.78 is 23.2. The van der Waals surface area contributed by atoms with Crippen LogP contribution in [0, 0.1) is 0 Å². The highest BCUT2D eigenvalue weighted by Crippen LogP contribution is 2.31. The Kier molecular flexibility index (Phi) is 4.53. The maximum Gasteiger partial charge on any atom is 0.175 e. The van der Waals surface area contributed by atoms with E-state index in [0.29, 0.717) is 4.90 Å². The molecule has 124 valence electrons. The van der Waals surface area contributed by atoms with Gasteiger partial charge in [0.15, 0.2) is 9.84 Å². The van der Waals surface area contributed by atoms with Gasteiger partial charge >= 0.3 is 0 Å². The van der Waals surface area contributed by atoms with Crippen LogP contribution in [-0.4, -0.2) is 27.5 Å². The normalized spacial score (nSPS) is 17.8. The summed E-state index contributed by atoms with van der Waals surface area (Å²) >= 11 is 0. The molecular weight excluding hydrogens is 322 g/mol. The molecule has 0 spiro atoms. The molecule has 0 unspecified atom stereocenters. The minimum absolute atomic E-state index is 0.319. The predicted octanol–water partition coefficient (Wildman–Crippen LogP) is 3.58. The van der Waals surface area contributed by atoms with Crippen LogP contribution in [0.3, 0.4) is 0 Å². The molecule has 3 rings (SSSR count). The molecule has 0 N–H and O–H groups in total. The topological polar surface area (TPSA) is 55.7 Å². The molecule has 0 saturated carbocycles. The minimum Gasteiger partial charge on any atom is -0.399 e. The smallest absolute Gasteiger partial charge is 0.175 e. The van der Waals surface area contributed by atoms with Gasteiger partial charge in [-0.2, -0.15) is 0 Å². The fraction of sp³-hybridized carbons (Fsp3) is 0.211. The Morgan fingerprint density at radius 3 is 2.42 bits per heavy atom. The molecular formula is C19H19NO3S. The van der Waals surface area contributed by atoms with Gasteiger partial charge in [-0.1, -0.05) is 41.6 Å². The van der Waals surface area contributed by atoms with Gasteiger partial charge in [0.2, 0.25) is 0 Å². The van der Waals surface area contributed by atoms with Crippen LogP contribution in [0.15, 0.2) is 58.6 Å². The van der Waals surface area contributed by atoms with Crippen molar-refractivity contribution in [3.63, 3.8) is 0 Å². The first kappa shape index (κ1) is 16.5. The van der Waals surface area contributed by atoms with Gasteiger partial charge < -0.3 is 4.84 Å². The minimum atomic E-state index is -3.19. The molecule has 0 bridgehead atoms. The summed E-state index contributed by atoms with van der Waals surface area (Å²) in [7, 11) is -1.64. The fourth-order valence-electron chi connectivity index (χ4n) is 2.89. The molecule has 2 aromatic carbocycles. The van der Waals surface area contributed by atoms with E-state index in [9.17, 15) is 8.42 Å². The number of benzene rings is 2. The molecule has 2 aromatic rings. The van der Waals surface area contributed by atoms with Crippen LogP contribution in [0.2, 0.25) is 0 Å². The first-order valence-electron chi connectivity index (χ1n) is 7.69. The molecule has 0 aromatic heterocycles. The monoisotopic (exact) mass is 341 g/mol. The Hall–Kier alpha value is -2.40. The van der Waals surface area contributed by atoms with Crippen LogP contribution in [0.4, 0.5) is 0 Å². The third-order valence-electron chi connectivity index (χ3n) is 4.07. The number of rotatable bonds is 3. The Balaban J connectivity index is 2.07. The van der Waals surface area contributed by atoms with Crippen LogP contribution >= 0.6 is 0 Å². The molecule has 4 nitrogen and oxygen atoms in total. The number of hydrogen-bond acceptors (Lipinski definition) is 4. The molecule has 0 saturated heterocycles. The number of aryl methyl sites for hydroxylation is 1. The second kappa shape index (κ2) is 6.61. The largest absolute Gasteiger partial charge is 0.399 e. The van der Waals surface area contributed by atoms with Crippen LogP contribution in [0.5, 0.6) is 0 Å². The van der Waals surface area contributed by atoms with Crippen molar-refractivity contribution in [1.82, 2.24) is 0 Å². The number of fused-ring (bicyclic) bond motifs is 1. The maximum atomic E-state index is 11.6. The van der Waals surface area contributed by atoms with E-state index < -0.39 is 9.84 Å². The van der Waals surface area contributed by atoms with Gasteiger partial charge in [-0.05, 0) is 47.7 Å². The Morgan fingerprint density at radius 2 is 1.75 bits per heavy atom. The van der Waals surface area contributed by atoms with E-state index in [1.165, 1.54) is 11.8 Å². The number of hydrogen-bond donors (Lipinski definition) is 0. The fourth-order valence-corrected chi connectivity index (χ4v) is 3.52. The summed E-state index contributed by atoms with van der Waals surface area (Å²) in [6.07, 6.45) is 4.99. The lowest BCUT2D eigenvalue weighted by Crippen LogP contribution is -2.13. The second-order valence-electron chi connectivity index (χ2n) is 5.78. The summed E-state index contributed by atoms with van der Waals surface area (Å²) in [5.41, 5.74) is 5.28. The first-order chi connectivity index (χ1) is 11.5. The highest BCUT2D eigenvalue weighted by atomic mass is 32.2. The van der Waals surface area contributed by atoms with E-state index in [-0.39, 0.29) is 0 Å². The zero-order valence-corrected chi connectivity index (χ0v) is 14.5. The third-order valence-corrected chi connectivity index (χ3v) is 5.20. The Labute approximate surface area is 142 Å². The van der Waals surface area contributed by atoms with Gasteiger partial charge in [0.25, 0.3) is 0 Å². The van der Waals surface area contributed by atoms with Gasteiger partial charge in [-0.3, -0.25) is 0 Å². The SMILES string of the molecule is CON=C1CCc2ccccc2/C1=C\c1ccc(S(C)(=O)=O)cc1. The first-order valence-corrected chi connectivity index (χ1v) is 9.58. The van der Waals surface area contributed by atoms with Crippen molar-refractivity contribution in [2.24, 2.45) is 5.16 Å². The van der Waals surface area contributed by atoms with E-state index in [2.05, 4.69) is 17.3 Å². The quantitative estimate of drug-likeness (QED) is 0.802. The molecule has 0 atom stereocenters. The van der Waals surface area contributed by atoms with Crippen molar-refractivity contribution in [2.45, 2.75) is 17.7 Å². The summed E-state index contributed by atoms with van der Waals surface area (Å²) in [6.45, 7) is 0. The Bertz CT molecular complexity index is 910. The van der Waals surface area contributed by atoms with Crippen molar-refractivity contribution in [1.29, 1.82) is 0 Å². The number of oxime groups is 1. The highest BCUT2D eigenvalue weighted by molar-refractivity contribution is 7.90. The van der Waals surface area contributed by atoms with E-state index in [4.69, 9.17) is 4.84 Å². The van der Waals surface area contributed by atoms with Gasteiger partial charge in [0.05, 0.1) is 10.6 Å². The lowest BCUT2D eigenvalue weighted by atomic mass is 9.85. The Morgan fingerprint density at radius 1 is 1.04 bits per heavy atom. The average Bonchev–Trinajstić information content (AvgIpc) is 2.57. The van der Waals surface area contributed by atoms with Crippen molar-refractivity contribution >= 4 is 27.2 Å². The molecule has 1 aliphatic rings. The number of sulfone groups is 1. The van der Waals surface area contributed by atoms with Crippen molar-refractivity contribution < 1.29 is 13.3 Å². The molecule has 0 heterocycles. The molecule has 1 aliphatic carbocycles. The molecule has 0 aliphatic heterocycles. The van der Waals surface area contributed by atoms with Crippen molar-refractivity contribution in [3.8, 4) is 0 Å². The number of nitrogens with zero attached hydrogens (tertiary/aromatic N) is 1. The molecule has 5 heteroatoms. The summed E-state index contributed by atoms with van der Waals surface area (Å²) in [5.74, 6) is 0. The van der Waals surface area contributed by atoms with Crippen molar-refractivity contribution in [3.05, 3.63) is 65.2 Å². The highest BCUT2D eigenvalue weighted by Gasteiger charge is 2.20. The standard InChI is InChI=1S/C19H19NO3S/c1-23-20-19-12-9-15-5-3-4-6-17(15)18(19)13-14-7-10-16(11-8-14)24(2,21)22/h3-8,10-11,13H,9,12H2,1-2H3/b18-13+,20-19?. The summed E-state index contributed by atoms with van der Waals surface area (Å²) in [4.78, 5) is 5.31. The third kappa shape index (κ3) is 3.41. The molecule has 0 amide bonds. The molecule has 24 heavy (non-hydrogen) atoms. The van der Waals surface area contributed by atoms with Crippen LogP contribution in [-0.2, 0) is 21.1 Å². The zero-order chi connectivity index (χ0) is 17.2. The van der Waals surface area contributed by atoms with Crippen LogP contribution in [0.25, 0.3) is 11.6 Å². The van der Waals surface area contributed by atoms with E-state index in [1.807, 2.05) is 30.3 Å². The molecule has 0 fully saturated rings. The van der Waals surface area contributed by atoms with Crippen molar-refractivity contribution in [2.75, 3.05) is 13.4 Å². The van der Waals surface area contributed by atoms with Crippen LogP contribution in [0.1, 0.15) is 23.1 Å². The predicted molar refractivity (Wildman–Crippen MR) is 96.6 cm³/mol. The lowest BCUT2D eigenvalue weighted by molar-refractivity contribution is 0.213. The van der Waals surface area contributed by atoms with Gasteiger partial charge in [0.1, 0.15) is 7.11 Å². The average molecular weight is 341 g/mol. The van der Waals surface area contributed by atoms with Gasteiger partial charge in [-0.25, -0.2) is 8.42 Å². The summed E-state index contributed by atoms with van der Waals surface area (Å²) in [6, 6.07) is 15.1. The van der Waals surface area contributed by atoms with Gasteiger partial charge in [0, 0.05) is 11.8 Å². The molecule has 0 radical (unpaired) electrons. The van der Waals surface area contributed by atoms with Gasteiger partial charge in [-0.15, -0.1) is 0 Å². The maximum absolute atomic E-state index is 11.6. The zero-order valence-electron chi connectivity index (χ0n) is 13.7. The second-order valence-corrected chi connectivity index (χ2v) is 7.79. The van der Waals surface area contributed by atoms with Crippen LogP contribution < -0.4 is 0 Å².